The number of aromatic amines is 1. The summed E-state index contributed by atoms with van der Waals surface area (Å²) >= 11 is 0. The van der Waals surface area contributed by atoms with Gasteiger partial charge in [0.25, 0.3) is 5.56 Å². The van der Waals surface area contributed by atoms with Crippen molar-refractivity contribution in [2.75, 3.05) is 43.4 Å². The van der Waals surface area contributed by atoms with Crippen LogP contribution in [0.3, 0.4) is 0 Å². The largest absolute Gasteiger partial charge is 0.369 e. The van der Waals surface area contributed by atoms with Crippen LogP contribution in [0.4, 0.5) is 11.4 Å². The lowest BCUT2D eigenvalue weighted by Gasteiger charge is -2.34. The number of fused-ring (bicyclic) bond motifs is 1. The molecule has 1 aliphatic rings. The molecule has 1 saturated heterocycles. The van der Waals surface area contributed by atoms with Crippen molar-refractivity contribution in [3.8, 4) is 22.4 Å². The normalized spacial score (nSPS) is 14.3. The van der Waals surface area contributed by atoms with Gasteiger partial charge < -0.3 is 24.7 Å². The zero-order chi connectivity index (χ0) is 24.5. The molecule has 0 bridgehead atoms. The van der Waals surface area contributed by atoms with Crippen molar-refractivity contribution in [2.24, 2.45) is 7.05 Å². The van der Waals surface area contributed by atoms with Gasteiger partial charge >= 0.3 is 0 Å². The predicted octanol–water partition coefficient (Wildman–Crippen LogP) is 3.47. The Kier molecular flexibility index (Phi) is 5.96. The maximum absolute atomic E-state index is 13.2. The first-order valence-electron chi connectivity index (χ1n) is 11.6. The van der Waals surface area contributed by atoms with E-state index >= 15 is 0 Å². The highest BCUT2D eigenvalue weighted by atomic mass is 16.1. The molecule has 1 aliphatic heterocycles. The summed E-state index contributed by atoms with van der Waals surface area (Å²) in [6.07, 6.45) is 2.75. The SMILES string of the molecule is C=CC(=O)Nc1cccc(-c2c(-c3ccc(N4CCN(C)CC4)cc3)[nH]c3ncn(C)c(=O)c23)c1. The number of amides is 1. The Bertz CT molecular complexity index is 1460. The van der Waals surface area contributed by atoms with Gasteiger partial charge in [-0.2, -0.15) is 0 Å². The summed E-state index contributed by atoms with van der Waals surface area (Å²) in [5.74, 6) is -0.293. The van der Waals surface area contributed by atoms with Crippen LogP contribution in [0.25, 0.3) is 33.4 Å². The highest BCUT2D eigenvalue weighted by molar-refractivity contribution is 6.03. The molecule has 0 atom stereocenters. The van der Waals surface area contributed by atoms with Gasteiger partial charge in [-0.3, -0.25) is 9.59 Å². The predicted molar refractivity (Wildman–Crippen MR) is 141 cm³/mol. The molecule has 2 aromatic carbocycles. The van der Waals surface area contributed by atoms with E-state index in [2.05, 4.69) is 63.0 Å². The third kappa shape index (κ3) is 4.36. The average Bonchev–Trinajstić information content (AvgIpc) is 3.27. The smallest absolute Gasteiger partial charge is 0.263 e. The number of hydrogen-bond donors (Lipinski definition) is 2. The van der Waals surface area contributed by atoms with Crippen LogP contribution in [-0.4, -0.2) is 58.6 Å². The maximum atomic E-state index is 13.2. The number of rotatable bonds is 5. The van der Waals surface area contributed by atoms with E-state index in [0.29, 0.717) is 16.7 Å². The highest BCUT2D eigenvalue weighted by Crippen LogP contribution is 2.37. The second-order valence-electron chi connectivity index (χ2n) is 8.87. The van der Waals surface area contributed by atoms with Gasteiger partial charge in [-0.1, -0.05) is 30.8 Å². The summed E-state index contributed by atoms with van der Waals surface area (Å²) in [5, 5.41) is 3.31. The lowest BCUT2D eigenvalue weighted by Crippen LogP contribution is -2.44. The molecule has 5 rings (SSSR count). The second kappa shape index (κ2) is 9.23. The zero-order valence-electron chi connectivity index (χ0n) is 19.9. The lowest BCUT2D eigenvalue weighted by atomic mass is 9.98. The third-order valence-electron chi connectivity index (χ3n) is 6.50. The number of benzene rings is 2. The Balaban J connectivity index is 1.62. The Morgan fingerprint density at radius 3 is 2.51 bits per heavy atom. The lowest BCUT2D eigenvalue weighted by molar-refractivity contribution is -0.111. The summed E-state index contributed by atoms with van der Waals surface area (Å²) in [6, 6.07) is 15.9. The average molecular weight is 469 g/mol. The van der Waals surface area contributed by atoms with Crippen LogP contribution < -0.4 is 15.8 Å². The molecule has 0 spiro atoms. The number of hydrogen-bond acceptors (Lipinski definition) is 5. The molecule has 0 aliphatic carbocycles. The minimum absolute atomic E-state index is 0.137. The molecular formula is C27H28N6O2. The van der Waals surface area contributed by atoms with E-state index < -0.39 is 0 Å². The molecular weight excluding hydrogens is 440 g/mol. The van der Waals surface area contributed by atoms with E-state index in [9.17, 15) is 9.59 Å². The van der Waals surface area contributed by atoms with Gasteiger partial charge in [0.2, 0.25) is 5.91 Å². The number of anilines is 2. The number of H-pyrrole nitrogens is 1. The second-order valence-corrected chi connectivity index (χ2v) is 8.87. The molecule has 1 amide bonds. The van der Waals surface area contributed by atoms with Gasteiger partial charge in [-0.15, -0.1) is 0 Å². The molecule has 8 nitrogen and oxygen atoms in total. The monoisotopic (exact) mass is 468 g/mol. The topological polar surface area (TPSA) is 86.3 Å². The molecule has 4 aromatic rings. The van der Waals surface area contributed by atoms with Crippen molar-refractivity contribution >= 4 is 28.3 Å². The highest BCUT2D eigenvalue weighted by Gasteiger charge is 2.20. The molecule has 0 radical (unpaired) electrons. The number of aromatic nitrogens is 3. The van der Waals surface area contributed by atoms with Crippen LogP contribution in [-0.2, 0) is 11.8 Å². The first kappa shape index (κ1) is 22.6. The summed E-state index contributed by atoms with van der Waals surface area (Å²) < 4.78 is 1.48. The van der Waals surface area contributed by atoms with Crippen molar-refractivity contribution in [3.63, 3.8) is 0 Å². The van der Waals surface area contributed by atoms with Gasteiger partial charge in [0.1, 0.15) is 5.65 Å². The zero-order valence-corrected chi connectivity index (χ0v) is 19.9. The summed E-state index contributed by atoms with van der Waals surface area (Å²) in [6.45, 7) is 7.59. The fourth-order valence-electron chi connectivity index (χ4n) is 4.52. The first-order valence-corrected chi connectivity index (χ1v) is 11.6. The van der Waals surface area contributed by atoms with Gasteiger partial charge in [0, 0.05) is 50.2 Å². The van der Waals surface area contributed by atoms with Crippen molar-refractivity contribution in [1.82, 2.24) is 19.4 Å². The van der Waals surface area contributed by atoms with Gasteiger partial charge in [0.15, 0.2) is 0 Å². The van der Waals surface area contributed by atoms with Crippen molar-refractivity contribution in [2.45, 2.75) is 0 Å². The van der Waals surface area contributed by atoms with E-state index in [-0.39, 0.29) is 11.5 Å². The summed E-state index contributed by atoms with van der Waals surface area (Å²) in [7, 11) is 3.84. The molecule has 2 aromatic heterocycles. The molecule has 8 heteroatoms. The Morgan fingerprint density at radius 1 is 1.06 bits per heavy atom. The number of piperazine rings is 1. The Hall–Kier alpha value is -4.17. The number of carbonyl (C=O) groups excluding carboxylic acids is 1. The number of nitrogens with one attached hydrogen (secondary N) is 2. The number of carbonyl (C=O) groups is 1. The fourth-order valence-corrected chi connectivity index (χ4v) is 4.52. The van der Waals surface area contributed by atoms with Crippen LogP contribution in [0.15, 0.2) is 72.3 Å². The van der Waals surface area contributed by atoms with E-state index in [1.807, 2.05) is 18.2 Å². The maximum Gasteiger partial charge on any atom is 0.263 e. The molecule has 1 fully saturated rings. The van der Waals surface area contributed by atoms with Crippen molar-refractivity contribution in [1.29, 1.82) is 0 Å². The standard InChI is InChI=1S/C27H28N6O2/c1-4-22(34)29-20-7-5-6-19(16-20)23-24-26(28-17-32(3)27(24)35)30-25(23)18-8-10-21(11-9-18)33-14-12-31(2)13-15-33/h4-11,16-17,30H,1,12-15H2,2-3H3,(H,29,34). The van der Waals surface area contributed by atoms with Crippen LogP contribution in [0.1, 0.15) is 0 Å². The van der Waals surface area contributed by atoms with E-state index in [1.54, 1.807) is 13.1 Å². The Labute approximate surface area is 203 Å². The van der Waals surface area contributed by atoms with Crippen LogP contribution >= 0.6 is 0 Å². The fraction of sp³-hybridized carbons (Fsp3) is 0.222. The molecule has 2 N–H and O–H groups in total. The quantitative estimate of drug-likeness (QED) is 0.438. The molecule has 3 heterocycles. The number of likely N-dealkylation sites (N-methyl/N-ethyl adjacent to an activating group) is 1. The third-order valence-corrected chi connectivity index (χ3v) is 6.50. The molecule has 178 valence electrons. The number of nitrogens with zero attached hydrogens (tertiary/aromatic N) is 4. The molecule has 0 saturated carbocycles. The summed E-state index contributed by atoms with van der Waals surface area (Å²) in [5.41, 5.74) is 5.54. The minimum Gasteiger partial charge on any atom is -0.369 e. The van der Waals surface area contributed by atoms with Crippen molar-refractivity contribution in [3.05, 3.63) is 77.9 Å². The Morgan fingerprint density at radius 2 is 1.80 bits per heavy atom. The van der Waals surface area contributed by atoms with Crippen LogP contribution in [0.5, 0.6) is 0 Å². The minimum atomic E-state index is -0.293. The van der Waals surface area contributed by atoms with Crippen molar-refractivity contribution < 1.29 is 4.79 Å². The first-order chi connectivity index (χ1) is 16.9. The van der Waals surface area contributed by atoms with Gasteiger partial charge in [-0.25, -0.2) is 4.98 Å². The summed E-state index contributed by atoms with van der Waals surface area (Å²) in [4.78, 5) is 37.6. The molecule has 0 unspecified atom stereocenters. The van der Waals surface area contributed by atoms with Gasteiger partial charge in [0.05, 0.1) is 17.4 Å². The number of aryl methyl sites for hydroxylation is 1. The van der Waals surface area contributed by atoms with E-state index in [1.165, 1.54) is 22.7 Å². The van der Waals surface area contributed by atoms with E-state index in [0.717, 1.165) is 48.6 Å². The van der Waals surface area contributed by atoms with Crippen LogP contribution in [0.2, 0.25) is 0 Å². The molecule has 35 heavy (non-hydrogen) atoms. The van der Waals surface area contributed by atoms with Gasteiger partial charge in [-0.05, 0) is 48.5 Å². The van der Waals surface area contributed by atoms with Crippen LogP contribution in [0, 0.1) is 0 Å². The van der Waals surface area contributed by atoms with E-state index in [4.69, 9.17) is 0 Å².